The van der Waals surface area contributed by atoms with E-state index in [1.54, 1.807) is 0 Å². The van der Waals surface area contributed by atoms with E-state index >= 15 is 0 Å². The molecule has 0 aromatic heterocycles. The van der Waals surface area contributed by atoms with E-state index in [1.807, 2.05) is 0 Å². The molecule has 1 unspecified atom stereocenters. The zero-order valence-electron chi connectivity index (χ0n) is 8.73. The fourth-order valence-electron chi connectivity index (χ4n) is 2.59. The van der Waals surface area contributed by atoms with E-state index in [1.165, 1.54) is 32.1 Å². The molecular formula is C11H25AlO. The highest BCUT2D eigenvalue weighted by Gasteiger charge is 2.37. The molecule has 2 heteroatoms. The summed E-state index contributed by atoms with van der Waals surface area (Å²) in [5, 5.41) is 0. The van der Waals surface area contributed by atoms with Crippen LogP contribution in [0.25, 0.3) is 0 Å². The first-order valence-corrected chi connectivity index (χ1v) is 5.43. The Hall–Kier alpha value is 0.492. The zero-order valence-corrected chi connectivity index (χ0v) is 8.73. The third-order valence-electron chi connectivity index (χ3n) is 3.52. The molecule has 1 aliphatic rings. The minimum absolute atomic E-state index is 0. The van der Waals surface area contributed by atoms with E-state index in [0.717, 1.165) is 12.5 Å². The quantitative estimate of drug-likeness (QED) is 0.635. The molecule has 1 fully saturated rings. The lowest BCUT2D eigenvalue weighted by Crippen LogP contribution is -2.43. The monoisotopic (exact) mass is 200 g/mol. The molecule has 1 atom stereocenters. The Morgan fingerprint density at radius 2 is 1.85 bits per heavy atom. The van der Waals surface area contributed by atoms with Crippen LogP contribution in [0.15, 0.2) is 0 Å². The van der Waals surface area contributed by atoms with Gasteiger partial charge in [-0.15, -0.1) is 0 Å². The molecule has 0 aliphatic carbocycles. The fourth-order valence-corrected chi connectivity index (χ4v) is 2.59. The second-order valence-corrected chi connectivity index (χ2v) is 3.87. The topological polar surface area (TPSA) is 9.23 Å². The van der Waals surface area contributed by atoms with Gasteiger partial charge in [-0.3, -0.25) is 0 Å². The standard InChI is InChI=1S/C11H22O.Al.3H/c1-4-10-8-7-9-12-11(10,5-2)6-3;;;;/h10H,4-9H2,1-3H3;;;;. The highest BCUT2D eigenvalue weighted by Crippen LogP contribution is 2.38. The molecule has 0 aromatic carbocycles. The maximum atomic E-state index is 5.97. The number of ether oxygens (including phenoxy) is 1. The molecule has 0 amide bonds. The SMILES string of the molecule is CCC1CCCOC1(CC)CC.[AlH3]. The Labute approximate surface area is 93.4 Å². The van der Waals surface area contributed by atoms with Crippen molar-refractivity contribution < 1.29 is 4.74 Å². The van der Waals surface area contributed by atoms with Gasteiger partial charge in [-0.25, -0.2) is 0 Å². The third-order valence-corrected chi connectivity index (χ3v) is 3.52. The molecule has 78 valence electrons. The van der Waals surface area contributed by atoms with Crippen LogP contribution >= 0.6 is 0 Å². The van der Waals surface area contributed by atoms with Crippen LogP contribution in [-0.2, 0) is 4.74 Å². The van der Waals surface area contributed by atoms with Crippen molar-refractivity contribution in [3.63, 3.8) is 0 Å². The molecule has 0 aromatic rings. The molecular weight excluding hydrogens is 175 g/mol. The summed E-state index contributed by atoms with van der Waals surface area (Å²) in [4.78, 5) is 0. The van der Waals surface area contributed by atoms with Crippen molar-refractivity contribution in [3.8, 4) is 0 Å². The Balaban J connectivity index is 0.00000144. The Kier molecular flexibility index (Phi) is 6.30. The normalized spacial score (nSPS) is 26.5. The predicted molar refractivity (Wildman–Crippen MR) is 62.2 cm³/mol. The lowest BCUT2D eigenvalue weighted by Gasteiger charge is -2.43. The largest absolute Gasteiger partial charge is 0.375 e. The molecule has 0 saturated carbocycles. The number of hydrogen-bond acceptors (Lipinski definition) is 1. The summed E-state index contributed by atoms with van der Waals surface area (Å²) in [6.45, 7) is 7.80. The first-order valence-electron chi connectivity index (χ1n) is 5.43. The molecule has 1 aliphatic heterocycles. The third kappa shape index (κ3) is 2.72. The van der Waals surface area contributed by atoms with Gasteiger partial charge in [0.1, 0.15) is 0 Å². The van der Waals surface area contributed by atoms with Gasteiger partial charge in [0.25, 0.3) is 0 Å². The average molecular weight is 200 g/mol. The summed E-state index contributed by atoms with van der Waals surface area (Å²) in [6.07, 6.45) is 6.28. The summed E-state index contributed by atoms with van der Waals surface area (Å²) >= 11 is 0. The van der Waals surface area contributed by atoms with Gasteiger partial charge < -0.3 is 4.74 Å². The smallest absolute Gasteiger partial charge is 0.187 e. The number of rotatable bonds is 3. The van der Waals surface area contributed by atoms with E-state index in [0.29, 0.717) is 0 Å². The van der Waals surface area contributed by atoms with Crippen LogP contribution < -0.4 is 0 Å². The van der Waals surface area contributed by atoms with Gasteiger partial charge in [0.2, 0.25) is 0 Å². The highest BCUT2D eigenvalue weighted by molar-refractivity contribution is 5.75. The summed E-state index contributed by atoms with van der Waals surface area (Å²) in [7, 11) is 0. The lowest BCUT2D eigenvalue weighted by molar-refractivity contribution is -0.124. The van der Waals surface area contributed by atoms with Crippen LogP contribution in [0.3, 0.4) is 0 Å². The first kappa shape index (κ1) is 13.5. The second-order valence-electron chi connectivity index (χ2n) is 3.87. The first-order chi connectivity index (χ1) is 5.79. The van der Waals surface area contributed by atoms with Crippen LogP contribution in [0.2, 0.25) is 0 Å². The molecule has 1 heterocycles. The molecule has 0 radical (unpaired) electrons. The van der Waals surface area contributed by atoms with Crippen molar-refractivity contribution in [3.05, 3.63) is 0 Å². The fraction of sp³-hybridized carbons (Fsp3) is 1.00. The molecule has 1 saturated heterocycles. The van der Waals surface area contributed by atoms with Crippen molar-refractivity contribution in [1.29, 1.82) is 0 Å². The summed E-state index contributed by atoms with van der Waals surface area (Å²) in [5.74, 6) is 0.807. The molecule has 0 bridgehead atoms. The molecule has 0 spiro atoms. The van der Waals surface area contributed by atoms with E-state index in [4.69, 9.17) is 4.74 Å². The molecule has 13 heavy (non-hydrogen) atoms. The summed E-state index contributed by atoms with van der Waals surface area (Å²) in [5.41, 5.74) is 0.229. The predicted octanol–water partition coefficient (Wildman–Crippen LogP) is 2.20. The van der Waals surface area contributed by atoms with Gasteiger partial charge in [-0.2, -0.15) is 0 Å². The van der Waals surface area contributed by atoms with E-state index in [-0.39, 0.29) is 23.0 Å². The highest BCUT2D eigenvalue weighted by atomic mass is 27.0. The summed E-state index contributed by atoms with van der Waals surface area (Å²) in [6, 6.07) is 0. The van der Waals surface area contributed by atoms with Gasteiger partial charge in [-0.05, 0) is 31.6 Å². The minimum Gasteiger partial charge on any atom is -0.375 e. The van der Waals surface area contributed by atoms with Crippen LogP contribution in [0, 0.1) is 5.92 Å². The summed E-state index contributed by atoms with van der Waals surface area (Å²) < 4.78 is 5.97. The van der Waals surface area contributed by atoms with Crippen molar-refractivity contribution in [2.45, 2.75) is 58.5 Å². The lowest BCUT2D eigenvalue weighted by atomic mass is 9.77. The minimum atomic E-state index is 0. The van der Waals surface area contributed by atoms with Crippen LogP contribution in [0.5, 0.6) is 0 Å². The average Bonchev–Trinajstić information content (AvgIpc) is 2.17. The van der Waals surface area contributed by atoms with Crippen molar-refractivity contribution in [2.24, 2.45) is 5.92 Å². The van der Waals surface area contributed by atoms with Gasteiger partial charge in [-0.1, -0.05) is 27.2 Å². The number of hydrogen-bond donors (Lipinski definition) is 0. The van der Waals surface area contributed by atoms with Crippen molar-refractivity contribution >= 4 is 17.4 Å². The van der Waals surface area contributed by atoms with Crippen LogP contribution in [0.4, 0.5) is 0 Å². The van der Waals surface area contributed by atoms with Crippen molar-refractivity contribution in [2.75, 3.05) is 6.61 Å². The van der Waals surface area contributed by atoms with E-state index in [2.05, 4.69) is 20.8 Å². The van der Waals surface area contributed by atoms with E-state index in [9.17, 15) is 0 Å². The Morgan fingerprint density at radius 3 is 2.23 bits per heavy atom. The van der Waals surface area contributed by atoms with Gasteiger partial charge in [0, 0.05) is 6.61 Å². The van der Waals surface area contributed by atoms with Crippen LogP contribution in [0.1, 0.15) is 52.9 Å². The van der Waals surface area contributed by atoms with Gasteiger partial charge in [0.15, 0.2) is 17.4 Å². The maximum Gasteiger partial charge on any atom is 0.187 e. The molecule has 1 nitrogen and oxygen atoms in total. The van der Waals surface area contributed by atoms with Gasteiger partial charge in [0.05, 0.1) is 5.60 Å². The van der Waals surface area contributed by atoms with Crippen molar-refractivity contribution in [1.82, 2.24) is 0 Å². The van der Waals surface area contributed by atoms with Gasteiger partial charge >= 0.3 is 0 Å². The van der Waals surface area contributed by atoms with Crippen LogP contribution in [-0.4, -0.2) is 29.6 Å². The Morgan fingerprint density at radius 1 is 1.23 bits per heavy atom. The zero-order chi connectivity index (χ0) is 9.03. The molecule has 1 rings (SSSR count). The van der Waals surface area contributed by atoms with E-state index < -0.39 is 0 Å². The second kappa shape index (κ2) is 6.07. The molecule has 0 N–H and O–H groups in total. The maximum absolute atomic E-state index is 5.97. The Bertz CT molecular complexity index is 132.